The normalized spacial score (nSPS) is 36.5. The first kappa shape index (κ1) is 8.95. The smallest absolute Gasteiger partial charge is 0.138 e. The molecule has 0 aromatic rings. The summed E-state index contributed by atoms with van der Waals surface area (Å²) < 4.78 is 5.64. The molecule has 2 bridgehead atoms. The monoisotopic (exact) mass is 180 g/mol. The summed E-state index contributed by atoms with van der Waals surface area (Å²) in [6.45, 7) is 3.62. The van der Waals surface area contributed by atoms with E-state index in [0.29, 0.717) is 18.3 Å². The lowest BCUT2D eigenvalue weighted by atomic mass is 9.85. The number of carbonyl (C=O) groups excluding carboxylic acids is 1. The molecule has 2 aliphatic rings. The van der Waals surface area contributed by atoms with Crippen LogP contribution in [0.2, 0.25) is 0 Å². The number of ether oxygens (including phenoxy) is 1. The van der Waals surface area contributed by atoms with E-state index in [-0.39, 0.29) is 12.0 Å². The van der Waals surface area contributed by atoms with Crippen LogP contribution in [0.15, 0.2) is 12.7 Å². The fraction of sp³-hybridized carbons (Fsp3) is 0.727. The van der Waals surface area contributed by atoms with Crippen molar-refractivity contribution in [1.29, 1.82) is 0 Å². The highest BCUT2D eigenvalue weighted by Gasteiger charge is 2.43. The zero-order chi connectivity index (χ0) is 9.26. The molecule has 3 atom stereocenters. The van der Waals surface area contributed by atoms with Crippen molar-refractivity contribution in [3.63, 3.8) is 0 Å². The van der Waals surface area contributed by atoms with E-state index in [9.17, 15) is 4.79 Å². The van der Waals surface area contributed by atoms with E-state index in [2.05, 4.69) is 6.58 Å². The average molecular weight is 180 g/mol. The standard InChI is InChI=1S/C11H16O2/c1-2-3-4-10(12)9-7-8-5-6-11(9)13-8/h2,8-9,11H,1,3-7H2. The molecule has 0 spiro atoms. The number of allylic oxidation sites excluding steroid dienone is 1. The van der Waals surface area contributed by atoms with Gasteiger partial charge in [0.25, 0.3) is 0 Å². The second kappa shape index (κ2) is 3.62. The van der Waals surface area contributed by atoms with Crippen LogP contribution in [-0.2, 0) is 9.53 Å². The quantitative estimate of drug-likeness (QED) is 0.619. The number of hydrogen-bond acceptors (Lipinski definition) is 2. The molecule has 0 aromatic carbocycles. The predicted molar refractivity (Wildman–Crippen MR) is 50.4 cm³/mol. The van der Waals surface area contributed by atoms with Gasteiger partial charge in [0.1, 0.15) is 5.78 Å². The van der Waals surface area contributed by atoms with Gasteiger partial charge in [-0.1, -0.05) is 6.08 Å². The zero-order valence-electron chi connectivity index (χ0n) is 7.87. The average Bonchev–Trinajstić information content (AvgIpc) is 2.74. The largest absolute Gasteiger partial charge is 0.374 e. The van der Waals surface area contributed by atoms with Crippen LogP contribution in [0.1, 0.15) is 32.1 Å². The Kier molecular flexibility index (Phi) is 2.49. The highest BCUT2D eigenvalue weighted by atomic mass is 16.5. The van der Waals surface area contributed by atoms with Gasteiger partial charge in [-0.25, -0.2) is 0 Å². The Balaban J connectivity index is 1.87. The van der Waals surface area contributed by atoms with E-state index in [1.165, 1.54) is 0 Å². The SMILES string of the molecule is C=CCCC(=O)C1CC2CCC1O2. The van der Waals surface area contributed by atoms with Gasteiger partial charge in [-0.05, 0) is 25.7 Å². The Bertz CT molecular complexity index is 222. The number of ketones is 1. The third kappa shape index (κ3) is 1.68. The zero-order valence-corrected chi connectivity index (χ0v) is 7.87. The van der Waals surface area contributed by atoms with Crippen LogP contribution in [0.5, 0.6) is 0 Å². The molecule has 2 heteroatoms. The first-order chi connectivity index (χ1) is 6.31. The molecular formula is C11H16O2. The highest BCUT2D eigenvalue weighted by molar-refractivity contribution is 5.82. The Labute approximate surface area is 79.0 Å². The fourth-order valence-corrected chi connectivity index (χ4v) is 2.41. The first-order valence-corrected chi connectivity index (χ1v) is 5.10. The summed E-state index contributed by atoms with van der Waals surface area (Å²) in [5.74, 6) is 0.589. The number of hydrogen-bond donors (Lipinski definition) is 0. The van der Waals surface area contributed by atoms with Crippen molar-refractivity contribution in [2.24, 2.45) is 5.92 Å². The van der Waals surface area contributed by atoms with Crippen LogP contribution in [0.3, 0.4) is 0 Å². The minimum atomic E-state index is 0.207. The molecule has 13 heavy (non-hydrogen) atoms. The van der Waals surface area contributed by atoms with Gasteiger partial charge in [0.2, 0.25) is 0 Å². The summed E-state index contributed by atoms with van der Waals surface area (Å²) in [7, 11) is 0. The molecule has 0 radical (unpaired) electrons. The lowest BCUT2D eigenvalue weighted by molar-refractivity contribution is -0.124. The van der Waals surface area contributed by atoms with Crippen LogP contribution in [-0.4, -0.2) is 18.0 Å². The van der Waals surface area contributed by atoms with Gasteiger partial charge < -0.3 is 4.74 Å². The summed E-state index contributed by atoms with van der Waals surface area (Å²) in [6.07, 6.45) is 7.15. The van der Waals surface area contributed by atoms with Gasteiger partial charge in [0, 0.05) is 12.3 Å². The van der Waals surface area contributed by atoms with Gasteiger partial charge in [-0.2, -0.15) is 0 Å². The van der Waals surface area contributed by atoms with Crippen LogP contribution in [0.25, 0.3) is 0 Å². The molecule has 2 saturated heterocycles. The van der Waals surface area contributed by atoms with Gasteiger partial charge >= 0.3 is 0 Å². The molecule has 2 aliphatic heterocycles. The molecule has 72 valence electrons. The van der Waals surface area contributed by atoms with Crippen molar-refractivity contribution < 1.29 is 9.53 Å². The Morgan fingerprint density at radius 3 is 2.92 bits per heavy atom. The maximum absolute atomic E-state index is 11.7. The Morgan fingerprint density at radius 2 is 2.38 bits per heavy atom. The third-order valence-corrected chi connectivity index (χ3v) is 3.11. The van der Waals surface area contributed by atoms with E-state index in [4.69, 9.17) is 4.74 Å². The minimum Gasteiger partial charge on any atom is -0.374 e. The lowest BCUT2D eigenvalue weighted by Crippen LogP contribution is -2.24. The first-order valence-electron chi connectivity index (χ1n) is 5.10. The van der Waals surface area contributed by atoms with Crippen LogP contribution < -0.4 is 0 Å². The van der Waals surface area contributed by atoms with E-state index >= 15 is 0 Å². The molecule has 3 unspecified atom stereocenters. The van der Waals surface area contributed by atoms with E-state index in [1.54, 1.807) is 0 Å². The predicted octanol–water partition coefficient (Wildman–Crippen LogP) is 2.09. The van der Waals surface area contributed by atoms with Gasteiger partial charge in [-0.3, -0.25) is 4.79 Å². The van der Waals surface area contributed by atoms with Gasteiger partial charge in [0.05, 0.1) is 12.2 Å². The molecule has 0 amide bonds. The van der Waals surface area contributed by atoms with Crippen molar-refractivity contribution in [3.05, 3.63) is 12.7 Å². The summed E-state index contributed by atoms with van der Waals surface area (Å²) in [5, 5.41) is 0. The second-order valence-corrected chi connectivity index (χ2v) is 4.01. The minimum absolute atomic E-state index is 0.207. The lowest BCUT2D eigenvalue weighted by Gasteiger charge is -2.16. The molecule has 2 fully saturated rings. The summed E-state index contributed by atoms with van der Waals surface area (Å²) in [6, 6.07) is 0. The maximum atomic E-state index is 11.7. The van der Waals surface area contributed by atoms with E-state index in [1.807, 2.05) is 6.08 Å². The fourth-order valence-electron chi connectivity index (χ4n) is 2.41. The number of rotatable bonds is 4. The van der Waals surface area contributed by atoms with Crippen LogP contribution in [0.4, 0.5) is 0 Å². The summed E-state index contributed by atoms with van der Waals surface area (Å²) in [5.41, 5.74) is 0. The van der Waals surface area contributed by atoms with Gasteiger partial charge in [-0.15, -0.1) is 6.58 Å². The second-order valence-electron chi connectivity index (χ2n) is 4.01. The van der Waals surface area contributed by atoms with E-state index < -0.39 is 0 Å². The molecule has 2 nitrogen and oxygen atoms in total. The van der Waals surface area contributed by atoms with Crippen molar-refractivity contribution in [3.8, 4) is 0 Å². The molecule has 0 N–H and O–H groups in total. The highest BCUT2D eigenvalue weighted by Crippen LogP contribution is 2.39. The van der Waals surface area contributed by atoms with Crippen molar-refractivity contribution in [2.45, 2.75) is 44.3 Å². The molecule has 0 aromatic heterocycles. The number of Topliss-reactive ketones (excluding diaryl/α,β-unsaturated/α-hetero) is 1. The van der Waals surface area contributed by atoms with Crippen LogP contribution >= 0.6 is 0 Å². The summed E-state index contributed by atoms with van der Waals surface area (Å²) in [4.78, 5) is 11.7. The number of carbonyl (C=O) groups is 1. The van der Waals surface area contributed by atoms with Crippen molar-refractivity contribution in [1.82, 2.24) is 0 Å². The maximum Gasteiger partial charge on any atom is 0.138 e. The van der Waals surface area contributed by atoms with Crippen molar-refractivity contribution >= 4 is 5.78 Å². The molecule has 0 aliphatic carbocycles. The molecule has 0 saturated carbocycles. The Hall–Kier alpha value is -0.630. The molecule has 2 heterocycles. The molecule has 2 rings (SSSR count). The third-order valence-electron chi connectivity index (χ3n) is 3.11. The topological polar surface area (TPSA) is 26.3 Å². The van der Waals surface area contributed by atoms with Crippen molar-refractivity contribution in [2.75, 3.05) is 0 Å². The van der Waals surface area contributed by atoms with Crippen LogP contribution in [0, 0.1) is 5.92 Å². The van der Waals surface area contributed by atoms with Gasteiger partial charge in [0.15, 0.2) is 0 Å². The summed E-state index contributed by atoms with van der Waals surface area (Å²) >= 11 is 0. The Morgan fingerprint density at radius 1 is 1.54 bits per heavy atom. The molecular weight excluding hydrogens is 164 g/mol. The van der Waals surface area contributed by atoms with E-state index in [0.717, 1.165) is 25.7 Å². The number of fused-ring (bicyclic) bond motifs is 2.